The van der Waals surface area contributed by atoms with Crippen molar-refractivity contribution < 1.29 is 9.18 Å². The molecule has 5 heteroatoms. The topological polar surface area (TPSA) is 32.7 Å². The number of aliphatic imine (C=N–C) groups is 1. The molecule has 0 unspecified atom stereocenters. The molecule has 1 aromatic carbocycles. The third kappa shape index (κ3) is 2.74. The summed E-state index contributed by atoms with van der Waals surface area (Å²) >= 11 is 1.32. The van der Waals surface area contributed by atoms with E-state index in [4.69, 9.17) is 0 Å². The van der Waals surface area contributed by atoms with Crippen LogP contribution in [0.1, 0.15) is 5.56 Å². The maximum atomic E-state index is 12.7. The number of halogens is 1. The highest BCUT2D eigenvalue weighted by Crippen LogP contribution is 2.29. The van der Waals surface area contributed by atoms with Gasteiger partial charge in [-0.25, -0.2) is 4.39 Å². The molecule has 3 nitrogen and oxygen atoms in total. The molecule has 1 aromatic rings. The van der Waals surface area contributed by atoms with Crippen LogP contribution in [0, 0.1) is 5.82 Å². The molecule has 0 aliphatic carbocycles. The average Bonchev–Trinajstić information content (AvgIpc) is 2.64. The van der Waals surface area contributed by atoms with Gasteiger partial charge in [0, 0.05) is 14.1 Å². The summed E-state index contributed by atoms with van der Waals surface area (Å²) in [6, 6.07) is 5.99. The fourth-order valence-corrected chi connectivity index (χ4v) is 2.14. The molecule has 17 heavy (non-hydrogen) atoms. The van der Waals surface area contributed by atoms with Crippen molar-refractivity contribution in [3.8, 4) is 0 Å². The standard InChI is InChI=1S/C12H11FN2OS/c1-15(2)12-14-11(16)10(17-12)7-8-3-5-9(13)6-4-8/h3-7H,1-2H3/b10-7+. The SMILES string of the molecule is CN(C)C1=NC(=O)/C(=C\c2ccc(F)cc2)S1. The summed E-state index contributed by atoms with van der Waals surface area (Å²) in [4.78, 5) is 17.8. The number of amidine groups is 1. The fourth-order valence-electron chi connectivity index (χ4n) is 1.30. The highest BCUT2D eigenvalue weighted by molar-refractivity contribution is 8.18. The van der Waals surface area contributed by atoms with Crippen molar-refractivity contribution in [2.45, 2.75) is 0 Å². The third-order valence-corrected chi connectivity index (χ3v) is 3.31. The number of hydrogen-bond acceptors (Lipinski definition) is 3. The highest BCUT2D eigenvalue weighted by atomic mass is 32.2. The normalized spacial score (nSPS) is 17.5. The average molecular weight is 250 g/mol. The van der Waals surface area contributed by atoms with E-state index in [1.54, 1.807) is 23.1 Å². The van der Waals surface area contributed by atoms with E-state index in [-0.39, 0.29) is 11.7 Å². The van der Waals surface area contributed by atoms with Gasteiger partial charge in [0.05, 0.1) is 4.91 Å². The van der Waals surface area contributed by atoms with E-state index < -0.39 is 0 Å². The molecule has 0 aromatic heterocycles. The molecule has 0 spiro atoms. The van der Waals surface area contributed by atoms with E-state index in [9.17, 15) is 9.18 Å². The lowest BCUT2D eigenvalue weighted by molar-refractivity contribution is -0.113. The second-order valence-corrected chi connectivity index (χ2v) is 4.77. The van der Waals surface area contributed by atoms with Crippen LogP contribution in [0.15, 0.2) is 34.2 Å². The van der Waals surface area contributed by atoms with Crippen LogP contribution in [0.5, 0.6) is 0 Å². The molecular weight excluding hydrogens is 239 g/mol. The summed E-state index contributed by atoms with van der Waals surface area (Å²) in [5.74, 6) is -0.536. The van der Waals surface area contributed by atoms with E-state index in [0.717, 1.165) is 5.56 Å². The Morgan fingerprint density at radius 2 is 1.94 bits per heavy atom. The minimum absolute atomic E-state index is 0.247. The molecule has 0 atom stereocenters. The van der Waals surface area contributed by atoms with Crippen LogP contribution in [0.25, 0.3) is 6.08 Å². The first kappa shape index (κ1) is 11.9. The molecule has 88 valence electrons. The van der Waals surface area contributed by atoms with Crippen molar-refractivity contribution >= 4 is 28.9 Å². The second kappa shape index (κ2) is 4.71. The summed E-state index contributed by atoms with van der Waals surface area (Å²) in [6.45, 7) is 0. The number of benzene rings is 1. The van der Waals surface area contributed by atoms with E-state index in [1.807, 2.05) is 14.1 Å². The van der Waals surface area contributed by atoms with Gasteiger partial charge in [-0.2, -0.15) is 4.99 Å². The lowest BCUT2D eigenvalue weighted by atomic mass is 10.2. The summed E-state index contributed by atoms with van der Waals surface area (Å²) in [5.41, 5.74) is 0.789. The van der Waals surface area contributed by atoms with Crippen LogP contribution in [-0.4, -0.2) is 30.1 Å². The lowest BCUT2D eigenvalue weighted by Gasteiger charge is -2.08. The van der Waals surface area contributed by atoms with Crippen molar-refractivity contribution in [3.63, 3.8) is 0 Å². The molecule has 0 saturated heterocycles. The zero-order chi connectivity index (χ0) is 12.4. The van der Waals surface area contributed by atoms with E-state index in [1.165, 1.54) is 23.9 Å². The highest BCUT2D eigenvalue weighted by Gasteiger charge is 2.22. The Balaban J connectivity index is 2.20. The Morgan fingerprint density at radius 3 is 2.47 bits per heavy atom. The van der Waals surface area contributed by atoms with Crippen LogP contribution >= 0.6 is 11.8 Å². The first-order valence-corrected chi connectivity index (χ1v) is 5.83. The molecule has 1 aliphatic rings. The maximum absolute atomic E-state index is 12.7. The quantitative estimate of drug-likeness (QED) is 0.717. The number of thioether (sulfide) groups is 1. The van der Waals surface area contributed by atoms with E-state index in [0.29, 0.717) is 10.1 Å². The Hall–Kier alpha value is -1.62. The van der Waals surface area contributed by atoms with Crippen molar-refractivity contribution in [1.29, 1.82) is 0 Å². The summed E-state index contributed by atoms with van der Waals surface area (Å²) < 4.78 is 12.7. The number of carbonyl (C=O) groups excluding carboxylic acids is 1. The van der Waals surface area contributed by atoms with Gasteiger partial charge < -0.3 is 4.90 Å². The van der Waals surface area contributed by atoms with Crippen molar-refractivity contribution in [2.24, 2.45) is 4.99 Å². The van der Waals surface area contributed by atoms with Crippen LogP contribution in [0.3, 0.4) is 0 Å². The number of amides is 1. The number of nitrogens with zero attached hydrogens (tertiary/aromatic N) is 2. The number of hydrogen-bond donors (Lipinski definition) is 0. The largest absolute Gasteiger partial charge is 0.357 e. The molecule has 0 radical (unpaired) electrons. The first-order valence-electron chi connectivity index (χ1n) is 5.02. The minimum atomic E-state index is -0.289. The molecule has 2 rings (SSSR count). The fraction of sp³-hybridized carbons (Fsp3) is 0.167. The van der Waals surface area contributed by atoms with Gasteiger partial charge >= 0.3 is 0 Å². The van der Waals surface area contributed by atoms with Crippen LogP contribution in [-0.2, 0) is 4.79 Å². The van der Waals surface area contributed by atoms with Gasteiger partial charge in [-0.3, -0.25) is 4.79 Å². The Labute approximate surface area is 103 Å². The monoisotopic (exact) mass is 250 g/mol. The summed E-state index contributed by atoms with van der Waals surface area (Å²) in [6.07, 6.45) is 1.71. The van der Waals surface area contributed by atoms with Crippen LogP contribution in [0.2, 0.25) is 0 Å². The smallest absolute Gasteiger partial charge is 0.286 e. The second-order valence-electron chi connectivity index (χ2n) is 3.76. The molecule has 0 saturated carbocycles. The van der Waals surface area contributed by atoms with E-state index >= 15 is 0 Å². The van der Waals surface area contributed by atoms with Gasteiger partial charge in [-0.05, 0) is 35.5 Å². The number of rotatable bonds is 1. The summed E-state index contributed by atoms with van der Waals surface area (Å²) in [7, 11) is 3.67. The Kier molecular flexibility index (Phi) is 3.28. The van der Waals surface area contributed by atoms with Crippen molar-refractivity contribution in [3.05, 3.63) is 40.6 Å². The molecular formula is C12H11FN2OS. The third-order valence-electron chi connectivity index (χ3n) is 2.16. The number of carbonyl (C=O) groups is 1. The van der Waals surface area contributed by atoms with E-state index in [2.05, 4.69) is 4.99 Å². The molecule has 0 bridgehead atoms. The Morgan fingerprint density at radius 1 is 1.29 bits per heavy atom. The molecule has 1 aliphatic heterocycles. The Bertz CT molecular complexity index is 506. The van der Waals surface area contributed by atoms with Crippen LogP contribution < -0.4 is 0 Å². The molecule has 0 N–H and O–H groups in total. The van der Waals surface area contributed by atoms with Crippen LogP contribution in [0.4, 0.5) is 4.39 Å². The van der Waals surface area contributed by atoms with Gasteiger partial charge in [0.1, 0.15) is 5.82 Å². The van der Waals surface area contributed by atoms with Crippen molar-refractivity contribution in [2.75, 3.05) is 14.1 Å². The predicted octanol–water partition coefficient (Wildman–Crippen LogP) is 2.36. The predicted molar refractivity (Wildman–Crippen MR) is 68.1 cm³/mol. The molecule has 1 heterocycles. The summed E-state index contributed by atoms with van der Waals surface area (Å²) in [5, 5.41) is 0.670. The first-order chi connectivity index (χ1) is 8.06. The minimum Gasteiger partial charge on any atom is -0.357 e. The van der Waals surface area contributed by atoms with Gasteiger partial charge in [-0.15, -0.1) is 0 Å². The maximum Gasteiger partial charge on any atom is 0.286 e. The molecule has 1 amide bonds. The van der Waals surface area contributed by atoms with Crippen molar-refractivity contribution in [1.82, 2.24) is 4.90 Å². The van der Waals surface area contributed by atoms with Gasteiger partial charge in [-0.1, -0.05) is 12.1 Å². The lowest BCUT2D eigenvalue weighted by Crippen LogP contribution is -2.16. The van der Waals surface area contributed by atoms with Gasteiger partial charge in [0.15, 0.2) is 5.17 Å². The zero-order valence-corrected chi connectivity index (χ0v) is 10.3. The zero-order valence-electron chi connectivity index (χ0n) is 9.48. The molecule has 0 fully saturated rings. The van der Waals surface area contributed by atoms with Gasteiger partial charge in [0.2, 0.25) is 0 Å². The van der Waals surface area contributed by atoms with Gasteiger partial charge in [0.25, 0.3) is 5.91 Å².